The number of aliphatic carboxylic acids is 1. The molecule has 0 aromatic rings. The van der Waals surface area contributed by atoms with Gasteiger partial charge in [0.25, 0.3) is 0 Å². The van der Waals surface area contributed by atoms with E-state index >= 15 is 0 Å². The minimum atomic E-state index is -0.859. The van der Waals surface area contributed by atoms with E-state index in [4.69, 9.17) is 0 Å². The molecule has 0 bridgehead atoms. The van der Waals surface area contributed by atoms with Gasteiger partial charge >= 0.3 is 18.9 Å². The molecule has 0 atom stereocenters. The summed E-state index contributed by atoms with van der Waals surface area (Å²) in [4.78, 5) is 10.1. The first-order valence-corrected chi connectivity index (χ1v) is 3.01. The van der Waals surface area contributed by atoms with Gasteiger partial charge < -0.3 is 9.90 Å². The average Bonchev–Trinajstić information content (AvgIpc) is 2.12. The summed E-state index contributed by atoms with van der Waals surface area (Å²) in [6, 6.07) is 0. The van der Waals surface area contributed by atoms with Gasteiger partial charge in [-0.15, -0.1) is 0 Å². The summed E-state index contributed by atoms with van der Waals surface area (Å²) in [6.07, 6.45) is 3.81. The van der Waals surface area contributed by atoms with Gasteiger partial charge in [-0.2, -0.15) is 0 Å². The normalized spacial score (nSPS) is 19.1. The predicted octanol–water partition coefficient (Wildman–Crippen LogP) is -3.07. The van der Waals surface area contributed by atoms with Gasteiger partial charge in [0.1, 0.15) is 0 Å². The molecule has 0 aliphatic heterocycles. The molecule has 2 nitrogen and oxygen atoms in total. The van der Waals surface area contributed by atoms with Crippen LogP contribution in [0, 0.1) is 5.92 Å². The fourth-order valence-electron chi connectivity index (χ4n) is 1.16. The summed E-state index contributed by atoms with van der Waals surface area (Å²) in [5.41, 5.74) is 0. The molecule has 1 fully saturated rings. The van der Waals surface area contributed by atoms with E-state index in [1.165, 1.54) is 0 Å². The van der Waals surface area contributed by atoms with Crippen LogP contribution >= 0.6 is 0 Å². The van der Waals surface area contributed by atoms with E-state index in [2.05, 4.69) is 0 Å². The third-order valence-corrected chi connectivity index (χ3v) is 1.69. The van der Waals surface area contributed by atoms with Gasteiger partial charge in [-0.1, -0.05) is 12.8 Å². The summed E-state index contributed by atoms with van der Waals surface area (Å²) in [7, 11) is 0. The van der Waals surface area contributed by atoms with Crippen molar-refractivity contribution in [3.8, 4) is 0 Å². The SMILES string of the molecule is O=C([O-])C1CCCC1.[Li+]. The van der Waals surface area contributed by atoms with E-state index in [0.29, 0.717) is 0 Å². The Bertz CT molecular complexity index is 97.2. The second-order valence-corrected chi connectivity index (χ2v) is 2.30. The summed E-state index contributed by atoms with van der Waals surface area (Å²) >= 11 is 0. The van der Waals surface area contributed by atoms with Crippen LogP contribution in [0.3, 0.4) is 0 Å². The second-order valence-electron chi connectivity index (χ2n) is 2.30. The molecule has 1 rings (SSSR count). The van der Waals surface area contributed by atoms with Gasteiger partial charge in [0.15, 0.2) is 0 Å². The van der Waals surface area contributed by atoms with Crippen LogP contribution in [0.5, 0.6) is 0 Å². The van der Waals surface area contributed by atoms with Gasteiger partial charge in [-0.05, 0) is 18.8 Å². The minimum Gasteiger partial charge on any atom is -0.550 e. The summed E-state index contributed by atoms with van der Waals surface area (Å²) in [5.74, 6) is -0.988. The Balaban J connectivity index is 0.000000640. The van der Waals surface area contributed by atoms with Crippen molar-refractivity contribution in [3.05, 3.63) is 0 Å². The number of rotatable bonds is 1. The molecule has 46 valence electrons. The number of hydrogen-bond acceptors (Lipinski definition) is 2. The number of carbonyl (C=O) groups excluding carboxylic acids is 1. The average molecular weight is 120 g/mol. The Kier molecular flexibility index (Phi) is 4.01. The van der Waals surface area contributed by atoms with Crippen molar-refractivity contribution in [2.24, 2.45) is 5.92 Å². The summed E-state index contributed by atoms with van der Waals surface area (Å²) in [5, 5.41) is 10.1. The Morgan fingerprint density at radius 1 is 1.33 bits per heavy atom. The van der Waals surface area contributed by atoms with E-state index in [9.17, 15) is 9.90 Å². The molecule has 0 unspecified atom stereocenters. The number of carboxylic acids is 1. The molecule has 0 spiro atoms. The molecule has 1 aliphatic rings. The molecule has 0 saturated heterocycles. The van der Waals surface area contributed by atoms with Crippen molar-refractivity contribution in [1.29, 1.82) is 0 Å². The zero-order chi connectivity index (χ0) is 5.98. The Morgan fingerprint density at radius 2 is 1.78 bits per heavy atom. The van der Waals surface area contributed by atoms with E-state index in [1.807, 2.05) is 0 Å². The van der Waals surface area contributed by atoms with Crippen LogP contribution in [-0.4, -0.2) is 5.97 Å². The summed E-state index contributed by atoms with van der Waals surface area (Å²) in [6.45, 7) is 0. The number of carbonyl (C=O) groups is 1. The maximum Gasteiger partial charge on any atom is 1.00 e. The van der Waals surface area contributed by atoms with Gasteiger partial charge in [0.2, 0.25) is 0 Å². The Hall–Kier alpha value is 0.0674. The monoisotopic (exact) mass is 120 g/mol. The van der Waals surface area contributed by atoms with E-state index in [-0.39, 0.29) is 24.8 Å². The zero-order valence-electron chi connectivity index (χ0n) is 5.72. The standard InChI is InChI=1S/C6H10O2.Li/c7-6(8)5-3-1-2-4-5;/h5H,1-4H2,(H,7,8);/q;+1/p-1. The smallest absolute Gasteiger partial charge is 0.550 e. The minimum absolute atomic E-state index is 0. The molecule has 0 amide bonds. The maximum absolute atomic E-state index is 10.1. The molecule has 0 radical (unpaired) electrons. The molecule has 0 aromatic carbocycles. The van der Waals surface area contributed by atoms with Gasteiger partial charge in [-0.25, -0.2) is 0 Å². The van der Waals surface area contributed by atoms with Crippen LogP contribution in [0.15, 0.2) is 0 Å². The van der Waals surface area contributed by atoms with E-state index < -0.39 is 5.97 Å². The number of hydrogen-bond donors (Lipinski definition) is 0. The van der Waals surface area contributed by atoms with Crippen molar-refractivity contribution in [2.45, 2.75) is 25.7 Å². The molecule has 0 N–H and O–H groups in total. The molecule has 9 heavy (non-hydrogen) atoms. The molecular weight excluding hydrogens is 111 g/mol. The molecule has 1 aliphatic carbocycles. The Labute approximate surface area is 66.8 Å². The van der Waals surface area contributed by atoms with Crippen LogP contribution in [0.25, 0.3) is 0 Å². The van der Waals surface area contributed by atoms with Crippen LogP contribution in [0.4, 0.5) is 0 Å². The fourth-order valence-corrected chi connectivity index (χ4v) is 1.16. The van der Waals surface area contributed by atoms with Crippen molar-refractivity contribution in [3.63, 3.8) is 0 Å². The zero-order valence-corrected chi connectivity index (χ0v) is 5.72. The Morgan fingerprint density at radius 3 is 2.00 bits per heavy atom. The molecule has 0 aromatic heterocycles. The fraction of sp³-hybridized carbons (Fsp3) is 0.833. The van der Waals surface area contributed by atoms with Crippen LogP contribution < -0.4 is 24.0 Å². The topological polar surface area (TPSA) is 40.1 Å². The first-order valence-electron chi connectivity index (χ1n) is 3.01. The first kappa shape index (κ1) is 9.07. The largest absolute Gasteiger partial charge is 1.00 e. The summed E-state index contributed by atoms with van der Waals surface area (Å²) < 4.78 is 0. The van der Waals surface area contributed by atoms with E-state index in [0.717, 1.165) is 25.7 Å². The number of carboxylic acid groups (broad SMARTS) is 1. The van der Waals surface area contributed by atoms with Gasteiger partial charge in [0, 0.05) is 5.97 Å². The van der Waals surface area contributed by atoms with Gasteiger partial charge in [0.05, 0.1) is 0 Å². The van der Waals surface area contributed by atoms with Crippen molar-refractivity contribution >= 4 is 5.97 Å². The van der Waals surface area contributed by atoms with E-state index in [1.54, 1.807) is 0 Å². The molecular formula is C6H9LiO2. The van der Waals surface area contributed by atoms with Crippen molar-refractivity contribution < 1.29 is 28.8 Å². The third kappa shape index (κ3) is 2.42. The third-order valence-electron chi connectivity index (χ3n) is 1.69. The molecule has 1 saturated carbocycles. The second kappa shape index (κ2) is 3.98. The first-order chi connectivity index (χ1) is 3.80. The van der Waals surface area contributed by atoms with Gasteiger partial charge in [-0.3, -0.25) is 0 Å². The van der Waals surface area contributed by atoms with Crippen LogP contribution in [0.2, 0.25) is 0 Å². The quantitative estimate of drug-likeness (QED) is 0.344. The van der Waals surface area contributed by atoms with Crippen molar-refractivity contribution in [2.75, 3.05) is 0 Å². The van der Waals surface area contributed by atoms with Crippen LogP contribution in [0.1, 0.15) is 25.7 Å². The predicted molar refractivity (Wildman–Crippen MR) is 27.0 cm³/mol. The maximum atomic E-state index is 10.1. The molecule has 3 heteroatoms. The van der Waals surface area contributed by atoms with Crippen molar-refractivity contribution in [1.82, 2.24) is 0 Å². The molecule has 0 heterocycles. The van der Waals surface area contributed by atoms with Crippen LogP contribution in [-0.2, 0) is 4.79 Å².